The fraction of sp³-hybridized carbons (Fsp3) is 0.120. The maximum absolute atomic E-state index is 12.7. The van der Waals surface area contributed by atoms with Crippen molar-refractivity contribution in [2.24, 2.45) is 0 Å². The lowest BCUT2D eigenvalue weighted by molar-refractivity contribution is -0.384. The first-order valence-corrected chi connectivity index (χ1v) is 11.3. The van der Waals surface area contributed by atoms with E-state index in [0.29, 0.717) is 28.7 Å². The molecule has 0 saturated heterocycles. The van der Waals surface area contributed by atoms with Crippen molar-refractivity contribution in [3.63, 3.8) is 0 Å². The van der Waals surface area contributed by atoms with Crippen LogP contribution in [-0.2, 0) is 13.2 Å². The third-order valence-electron chi connectivity index (χ3n) is 5.21. The van der Waals surface area contributed by atoms with Crippen molar-refractivity contribution in [1.29, 1.82) is 0 Å². The van der Waals surface area contributed by atoms with Crippen LogP contribution in [0.3, 0.4) is 0 Å². The molecule has 0 spiro atoms. The minimum absolute atomic E-state index is 0.109. The average molecular weight is 511 g/mol. The number of hydrogen-bond donors (Lipinski definition) is 1. The summed E-state index contributed by atoms with van der Waals surface area (Å²) in [5.41, 5.74) is 3.12. The smallest absolute Gasteiger partial charge is 0.271 e. The van der Waals surface area contributed by atoms with Gasteiger partial charge in [-0.2, -0.15) is 5.10 Å². The quantitative estimate of drug-likeness (QED) is 0.222. The van der Waals surface area contributed by atoms with Crippen LogP contribution in [0.1, 0.15) is 27.2 Å². The standard InChI is InChI=1S/C25H20Cl2N4O4/c1-16-12-24(29-30(16)14-17-4-8-20(26)9-5-17)28-25(32)19-6-2-18(3-7-19)15-35-23-11-10-21(31(33)34)13-22(23)27/h2-13H,14-15H2,1H3,(H,28,29,32). The number of aromatic nitrogens is 2. The van der Waals surface area contributed by atoms with Gasteiger partial charge in [-0.25, -0.2) is 0 Å². The molecular weight excluding hydrogens is 491 g/mol. The van der Waals surface area contributed by atoms with Gasteiger partial charge in [0.1, 0.15) is 12.4 Å². The molecule has 0 unspecified atom stereocenters. The number of amides is 1. The Labute approximate surface area is 211 Å². The van der Waals surface area contributed by atoms with Gasteiger partial charge in [-0.1, -0.05) is 47.5 Å². The lowest BCUT2D eigenvalue weighted by atomic mass is 10.1. The molecule has 1 aromatic heterocycles. The maximum atomic E-state index is 12.7. The van der Waals surface area contributed by atoms with Crippen LogP contribution in [0.15, 0.2) is 72.8 Å². The molecule has 0 bridgehead atoms. The number of rotatable bonds is 8. The summed E-state index contributed by atoms with van der Waals surface area (Å²) in [5, 5.41) is 18.9. The van der Waals surface area contributed by atoms with E-state index in [0.717, 1.165) is 16.8 Å². The molecule has 4 rings (SSSR count). The first-order chi connectivity index (χ1) is 16.8. The Kier molecular flexibility index (Phi) is 7.33. The number of carbonyl (C=O) groups excluding carboxylic acids is 1. The monoisotopic (exact) mass is 510 g/mol. The van der Waals surface area contributed by atoms with Crippen molar-refractivity contribution in [2.45, 2.75) is 20.1 Å². The number of carbonyl (C=O) groups is 1. The molecule has 0 fully saturated rings. The molecule has 178 valence electrons. The highest BCUT2D eigenvalue weighted by molar-refractivity contribution is 6.32. The fourth-order valence-electron chi connectivity index (χ4n) is 3.32. The number of non-ortho nitro benzene ring substituents is 1. The average Bonchev–Trinajstić information content (AvgIpc) is 3.18. The minimum Gasteiger partial charge on any atom is -0.487 e. The zero-order valence-electron chi connectivity index (χ0n) is 18.6. The van der Waals surface area contributed by atoms with Crippen LogP contribution in [0, 0.1) is 17.0 Å². The summed E-state index contributed by atoms with van der Waals surface area (Å²) in [4.78, 5) is 23.0. The first kappa shape index (κ1) is 24.3. The van der Waals surface area contributed by atoms with Crippen LogP contribution in [0.2, 0.25) is 10.0 Å². The summed E-state index contributed by atoms with van der Waals surface area (Å²) in [5.74, 6) is 0.511. The van der Waals surface area contributed by atoms with Crippen LogP contribution >= 0.6 is 23.2 Å². The molecule has 1 amide bonds. The maximum Gasteiger partial charge on any atom is 0.271 e. The zero-order chi connectivity index (χ0) is 24.9. The molecular formula is C25H20Cl2N4O4. The third kappa shape index (κ3) is 6.17. The lowest BCUT2D eigenvalue weighted by Gasteiger charge is -2.09. The third-order valence-corrected chi connectivity index (χ3v) is 5.75. The predicted molar refractivity (Wildman–Crippen MR) is 134 cm³/mol. The van der Waals surface area contributed by atoms with E-state index in [2.05, 4.69) is 10.4 Å². The number of nitrogens with zero attached hydrogens (tertiary/aromatic N) is 3. The van der Waals surface area contributed by atoms with E-state index in [9.17, 15) is 14.9 Å². The zero-order valence-corrected chi connectivity index (χ0v) is 20.1. The van der Waals surface area contributed by atoms with Crippen molar-refractivity contribution in [2.75, 3.05) is 5.32 Å². The van der Waals surface area contributed by atoms with Gasteiger partial charge in [-0.15, -0.1) is 0 Å². The SMILES string of the molecule is Cc1cc(NC(=O)c2ccc(COc3ccc([N+](=O)[O-])cc3Cl)cc2)nn1Cc1ccc(Cl)cc1. The van der Waals surface area contributed by atoms with Crippen molar-refractivity contribution in [3.05, 3.63) is 115 Å². The Balaban J connectivity index is 1.35. The highest BCUT2D eigenvalue weighted by Gasteiger charge is 2.12. The second-order valence-electron chi connectivity index (χ2n) is 7.77. The van der Waals surface area contributed by atoms with Gasteiger partial charge in [0.2, 0.25) is 0 Å². The van der Waals surface area contributed by atoms with Crippen LogP contribution in [0.25, 0.3) is 0 Å². The number of hydrogen-bond acceptors (Lipinski definition) is 5. The molecule has 0 saturated carbocycles. The molecule has 0 atom stereocenters. The van der Waals surface area contributed by atoms with Crippen molar-refractivity contribution in [1.82, 2.24) is 9.78 Å². The van der Waals surface area contributed by atoms with E-state index < -0.39 is 4.92 Å². The summed E-state index contributed by atoms with van der Waals surface area (Å²) in [7, 11) is 0. The number of nitrogens with one attached hydrogen (secondary N) is 1. The predicted octanol–water partition coefficient (Wildman–Crippen LogP) is 6.29. The molecule has 35 heavy (non-hydrogen) atoms. The van der Waals surface area contributed by atoms with E-state index in [1.165, 1.54) is 18.2 Å². The van der Waals surface area contributed by atoms with Crippen LogP contribution < -0.4 is 10.1 Å². The molecule has 0 aliphatic carbocycles. The molecule has 0 aliphatic rings. The van der Waals surface area contributed by atoms with E-state index in [4.69, 9.17) is 27.9 Å². The highest BCUT2D eigenvalue weighted by atomic mass is 35.5. The Morgan fingerprint density at radius 1 is 1.03 bits per heavy atom. The van der Waals surface area contributed by atoms with Gasteiger partial charge in [0, 0.05) is 34.5 Å². The Hall–Kier alpha value is -3.88. The van der Waals surface area contributed by atoms with Gasteiger partial charge in [0.15, 0.2) is 5.82 Å². The van der Waals surface area contributed by atoms with Crippen molar-refractivity contribution >= 4 is 40.6 Å². The van der Waals surface area contributed by atoms with E-state index >= 15 is 0 Å². The van der Waals surface area contributed by atoms with Gasteiger partial charge in [-0.3, -0.25) is 19.6 Å². The number of benzene rings is 3. The second-order valence-corrected chi connectivity index (χ2v) is 8.61. The molecule has 1 heterocycles. The summed E-state index contributed by atoms with van der Waals surface area (Å²) in [6.45, 7) is 2.67. The fourth-order valence-corrected chi connectivity index (χ4v) is 3.67. The number of ether oxygens (including phenoxy) is 1. The first-order valence-electron chi connectivity index (χ1n) is 10.5. The molecule has 0 radical (unpaired) electrons. The Morgan fingerprint density at radius 3 is 2.37 bits per heavy atom. The number of halogens is 2. The van der Waals surface area contributed by atoms with E-state index in [1.54, 1.807) is 24.3 Å². The topological polar surface area (TPSA) is 99.3 Å². The number of nitro benzene ring substituents is 1. The number of aryl methyl sites for hydroxylation is 1. The summed E-state index contributed by atoms with van der Waals surface area (Å²) in [6, 6.07) is 20.2. The normalized spacial score (nSPS) is 10.7. The van der Waals surface area contributed by atoms with Crippen LogP contribution in [0.4, 0.5) is 11.5 Å². The minimum atomic E-state index is -0.523. The summed E-state index contributed by atoms with van der Waals surface area (Å²) >= 11 is 12.0. The van der Waals surface area contributed by atoms with E-state index in [1.807, 2.05) is 41.9 Å². The lowest BCUT2D eigenvalue weighted by Crippen LogP contribution is -2.13. The number of nitro groups is 1. The van der Waals surface area contributed by atoms with Crippen LogP contribution in [-0.4, -0.2) is 20.6 Å². The largest absolute Gasteiger partial charge is 0.487 e. The number of anilines is 1. The molecule has 8 nitrogen and oxygen atoms in total. The van der Waals surface area contributed by atoms with E-state index in [-0.39, 0.29) is 23.2 Å². The Bertz CT molecular complexity index is 1370. The van der Waals surface area contributed by atoms with Gasteiger partial charge in [-0.05, 0) is 48.4 Å². The second kappa shape index (κ2) is 10.6. The van der Waals surface area contributed by atoms with Gasteiger partial charge < -0.3 is 10.1 Å². The molecule has 1 N–H and O–H groups in total. The van der Waals surface area contributed by atoms with Gasteiger partial charge >= 0.3 is 0 Å². The molecule has 10 heteroatoms. The summed E-state index contributed by atoms with van der Waals surface area (Å²) in [6.07, 6.45) is 0. The summed E-state index contributed by atoms with van der Waals surface area (Å²) < 4.78 is 7.46. The highest BCUT2D eigenvalue weighted by Crippen LogP contribution is 2.29. The molecule has 4 aromatic rings. The van der Waals surface area contributed by atoms with Crippen molar-refractivity contribution in [3.8, 4) is 5.75 Å². The Morgan fingerprint density at radius 2 is 1.71 bits per heavy atom. The molecule has 0 aliphatic heterocycles. The van der Waals surface area contributed by atoms with Crippen molar-refractivity contribution < 1.29 is 14.5 Å². The van der Waals surface area contributed by atoms with Gasteiger partial charge in [0.25, 0.3) is 11.6 Å². The molecule has 3 aromatic carbocycles. The van der Waals surface area contributed by atoms with Crippen LogP contribution in [0.5, 0.6) is 5.75 Å². The van der Waals surface area contributed by atoms with Gasteiger partial charge in [0.05, 0.1) is 16.5 Å².